The quantitative estimate of drug-likeness (QED) is 0.556. The van der Waals surface area contributed by atoms with Crippen molar-refractivity contribution in [2.24, 2.45) is 0 Å². The van der Waals surface area contributed by atoms with Crippen LogP contribution in [0.5, 0.6) is 11.5 Å². The van der Waals surface area contributed by atoms with E-state index in [1.54, 1.807) is 0 Å². The first-order valence-corrected chi connectivity index (χ1v) is 8.81. The van der Waals surface area contributed by atoms with Crippen molar-refractivity contribution in [3.8, 4) is 11.5 Å². The number of hydrogen-bond donors (Lipinski definition) is 0. The third-order valence-corrected chi connectivity index (χ3v) is 4.30. The van der Waals surface area contributed by atoms with Crippen LogP contribution in [0.4, 0.5) is 0 Å². The van der Waals surface area contributed by atoms with E-state index in [4.69, 9.17) is 14.2 Å². The molecule has 0 aliphatic heterocycles. The zero-order valence-electron chi connectivity index (χ0n) is 14.6. The highest BCUT2D eigenvalue weighted by Crippen LogP contribution is 2.35. The maximum atomic E-state index is 11.5. The predicted molar refractivity (Wildman–Crippen MR) is 95.4 cm³/mol. The molecule has 0 heterocycles. The number of benzene rings is 2. The molecule has 3 rings (SSSR count). The molecule has 4 heteroatoms. The third kappa shape index (κ3) is 4.99. The van der Waals surface area contributed by atoms with E-state index in [0.717, 1.165) is 43.4 Å². The molecule has 0 atom stereocenters. The van der Waals surface area contributed by atoms with E-state index in [0.29, 0.717) is 12.4 Å². The molecule has 1 aliphatic rings. The Balaban J connectivity index is 1.68. The molecule has 0 saturated heterocycles. The molecule has 0 spiro atoms. The second kappa shape index (κ2) is 8.06. The van der Waals surface area contributed by atoms with E-state index < -0.39 is 5.79 Å². The lowest BCUT2D eigenvalue weighted by molar-refractivity contribution is -0.206. The maximum absolute atomic E-state index is 11.5. The Morgan fingerprint density at radius 3 is 2.40 bits per heavy atom. The van der Waals surface area contributed by atoms with Gasteiger partial charge < -0.3 is 14.2 Å². The normalized spacial score (nSPS) is 16.0. The number of rotatable bonds is 6. The number of carbonyl (C=O) groups is 1. The van der Waals surface area contributed by atoms with Crippen LogP contribution < -0.4 is 9.47 Å². The Morgan fingerprint density at radius 2 is 1.68 bits per heavy atom. The number of ether oxygens (including phenoxy) is 3. The van der Waals surface area contributed by atoms with Crippen molar-refractivity contribution in [1.82, 2.24) is 0 Å². The molecule has 1 fully saturated rings. The summed E-state index contributed by atoms with van der Waals surface area (Å²) in [6.07, 6.45) is 4.59. The summed E-state index contributed by atoms with van der Waals surface area (Å²) < 4.78 is 17.5. The van der Waals surface area contributed by atoms with Crippen LogP contribution in [-0.4, -0.2) is 11.8 Å². The summed E-state index contributed by atoms with van der Waals surface area (Å²) in [5.41, 5.74) is 1.11. The molecular formula is C21H24O4. The van der Waals surface area contributed by atoms with Gasteiger partial charge in [-0.05, 0) is 30.5 Å². The van der Waals surface area contributed by atoms with E-state index in [2.05, 4.69) is 0 Å². The molecule has 0 unspecified atom stereocenters. The van der Waals surface area contributed by atoms with Crippen molar-refractivity contribution in [3.63, 3.8) is 0 Å². The highest BCUT2D eigenvalue weighted by atomic mass is 16.7. The lowest BCUT2D eigenvalue weighted by Crippen LogP contribution is -2.42. The largest absolute Gasteiger partial charge is 0.489 e. The molecule has 2 aromatic carbocycles. The number of carbonyl (C=O) groups excluding carboxylic acids is 1. The molecule has 2 aromatic rings. The minimum Gasteiger partial charge on any atom is -0.489 e. The van der Waals surface area contributed by atoms with Gasteiger partial charge in [-0.2, -0.15) is 0 Å². The minimum absolute atomic E-state index is 0.307. The van der Waals surface area contributed by atoms with Crippen LogP contribution >= 0.6 is 0 Å². The summed E-state index contributed by atoms with van der Waals surface area (Å²) in [6, 6.07) is 17.5. The van der Waals surface area contributed by atoms with Gasteiger partial charge in [0.25, 0.3) is 5.79 Å². The van der Waals surface area contributed by atoms with Crippen molar-refractivity contribution in [3.05, 3.63) is 60.2 Å². The fourth-order valence-corrected chi connectivity index (χ4v) is 3.16. The first-order valence-electron chi connectivity index (χ1n) is 8.81. The van der Waals surface area contributed by atoms with Crippen LogP contribution in [0.25, 0.3) is 0 Å². The second-order valence-corrected chi connectivity index (χ2v) is 6.42. The van der Waals surface area contributed by atoms with Crippen LogP contribution in [0, 0.1) is 0 Å². The molecule has 0 amide bonds. The fourth-order valence-electron chi connectivity index (χ4n) is 3.16. The molecule has 1 saturated carbocycles. The first kappa shape index (κ1) is 17.3. The Bertz CT molecular complexity index is 690. The summed E-state index contributed by atoms with van der Waals surface area (Å²) >= 11 is 0. The van der Waals surface area contributed by atoms with Gasteiger partial charge in [-0.25, -0.2) is 0 Å². The summed E-state index contributed by atoms with van der Waals surface area (Å²) in [5, 5.41) is 0. The standard InChI is InChI=1S/C21H24O4/c1-17(22)24-21(13-6-3-7-14-21)25-20-12-8-11-19(15-20)23-16-18-9-4-2-5-10-18/h2,4-5,8-12,15H,3,6-7,13-14,16H2,1H3. The van der Waals surface area contributed by atoms with E-state index >= 15 is 0 Å². The molecule has 1 aliphatic carbocycles. The van der Waals surface area contributed by atoms with Crippen molar-refractivity contribution in [1.29, 1.82) is 0 Å². The van der Waals surface area contributed by atoms with Crippen molar-refractivity contribution in [2.75, 3.05) is 0 Å². The van der Waals surface area contributed by atoms with Gasteiger partial charge in [-0.3, -0.25) is 4.79 Å². The summed E-state index contributed by atoms with van der Waals surface area (Å²) in [6.45, 7) is 1.93. The summed E-state index contributed by atoms with van der Waals surface area (Å²) in [5.74, 6) is 0.240. The zero-order valence-corrected chi connectivity index (χ0v) is 14.6. The van der Waals surface area contributed by atoms with Crippen LogP contribution in [0.2, 0.25) is 0 Å². The van der Waals surface area contributed by atoms with Gasteiger partial charge in [0.05, 0.1) is 0 Å². The first-order chi connectivity index (χ1) is 12.2. The Labute approximate surface area is 148 Å². The average Bonchev–Trinajstić information content (AvgIpc) is 2.61. The van der Waals surface area contributed by atoms with E-state index in [1.165, 1.54) is 6.92 Å². The number of esters is 1. The molecule has 0 N–H and O–H groups in total. The predicted octanol–water partition coefficient (Wildman–Crippen LogP) is 4.87. The van der Waals surface area contributed by atoms with Gasteiger partial charge >= 0.3 is 5.97 Å². The molecular weight excluding hydrogens is 316 g/mol. The second-order valence-electron chi connectivity index (χ2n) is 6.42. The molecule has 0 bridgehead atoms. The van der Waals surface area contributed by atoms with E-state index in [9.17, 15) is 4.79 Å². The SMILES string of the molecule is CC(=O)OC1(Oc2cccc(OCc3ccccc3)c2)CCCCC1. The maximum Gasteiger partial charge on any atom is 0.305 e. The molecule has 0 radical (unpaired) electrons. The summed E-state index contributed by atoms with van der Waals surface area (Å²) in [4.78, 5) is 11.5. The third-order valence-electron chi connectivity index (χ3n) is 4.30. The zero-order chi connectivity index (χ0) is 17.5. The Morgan fingerprint density at radius 1 is 0.960 bits per heavy atom. The Hall–Kier alpha value is -2.49. The van der Waals surface area contributed by atoms with Crippen LogP contribution in [0.3, 0.4) is 0 Å². The lowest BCUT2D eigenvalue weighted by Gasteiger charge is -2.36. The fraction of sp³-hybridized carbons (Fsp3) is 0.381. The van der Waals surface area contributed by atoms with Crippen molar-refractivity contribution < 1.29 is 19.0 Å². The van der Waals surface area contributed by atoms with Gasteiger partial charge in [0, 0.05) is 25.8 Å². The van der Waals surface area contributed by atoms with Crippen molar-refractivity contribution >= 4 is 5.97 Å². The highest BCUT2D eigenvalue weighted by molar-refractivity contribution is 5.66. The van der Waals surface area contributed by atoms with Gasteiger partial charge in [-0.15, -0.1) is 0 Å². The molecule has 4 nitrogen and oxygen atoms in total. The molecule has 25 heavy (non-hydrogen) atoms. The minimum atomic E-state index is -0.845. The number of hydrogen-bond acceptors (Lipinski definition) is 4. The lowest BCUT2D eigenvalue weighted by atomic mass is 9.94. The van der Waals surface area contributed by atoms with Gasteiger partial charge in [0.1, 0.15) is 18.1 Å². The highest BCUT2D eigenvalue weighted by Gasteiger charge is 2.37. The van der Waals surface area contributed by atoms with Gasteiger partial charge in [-0.1, -0.05) is 42.8 Å². The Kier molecular flexibility index (Phi) is 5.59. The molecule has 132 valence electrons. The van der Waals surface area contributed by atoms with Crippen LogP contribution in [0.15, 0.2) is 54.6 Å². The van der Waals surface area contributed by atoms with E-state index in [-0.39, 0.29) is 5.97 Å². The van der Waals surface area contributed by atoms with Gasteiger partial charge in [0.2, 0.25) is 0 Å². The van der Waals surface area contributed by atoms with Crippen LogP contribution in [0.1, 0.15) is 44.6 Å². The van der Waals surface area contributed by atoms with E-state index in [1.807, 2.05) is 54.6 Å². The summed E-state index contributed by atoms with van der Waals surface area (Å²) in [7, 11) is 0. The van der Waals surface area contributed by atoms with Crippen LogP contribution in [-0.2, 0) is 16.1 Å². The molecule has 0 aromatic heterocycles. The van der Waals surface area contributed by atoms with Gasteiger partial charge in [0.15, 0.2) is 0 Å². The monoisotopic (exact) mass is 340 g/mol. The smallest absolute Gasteiger partial charge is 0.305 e. The van der Waals surface area contributed by atoms with Crippen molar-refractivity contribution in [2.45, 2.75) is 51.4 Å². The average molecular weight is 340 g/mol. The topological polar surface area (TPSA) is 44.8 Å².